The van der Waals surface area contributed by atoms with Gasteiger partial charge in [0.25, 0.3) is 0 Å². The van der Waals surface area contributed by atoms with Crippen molar-refractivity contribution < 1.29 is 9.90 Å². The van der Waals surface area contributed by atoms with E-state index >= 15 is 0 Å². The van der Waals surface area contributed by atoms with Crippen molar-refractivity contribution in [1.29, 1.82) is 10.5 Å². The van der Waals surface area contributed by atoms with Crippen LogP contribution in [0.4, 0.5) is 0 Å². The van der Waals surface area contributed by atoms with E-state index in [1.54, 1.807) is 17.0 Å². The molecule has 1 rings (SSSR count). The quantitative estimate of drug-likeness (QED) is 0.616. The normalized spacial score (nSPS) is 10.3. The molecule has 0 heterocycles. The molecule has 0 aromatic heterocycles. The standard InChI is InChI=1S/C14H13N3O2/c15-7-9-17(10-8-16)11-13-3-1-12(2-4-13)5-6-14(18)19/h1-6H,9-11H2,(H,18,19)/b6-5+. The highest BCUT2D eigenvalue weighted by molar-refractivity contribution is 5.85. The van der Waals surface area contributed by atoms with Crippen LogP contribution in [0.5, 0.6) is 0 Å². The monoisotopic (exact) mass is 255 g/mol. The van der Waals surface area contributed by atoms with Gasteiger partial charge in [-0.3, -0.25) is 4.90 Å². The van der Waals surface area contributed by atoms with Gasteiger partial charge in [-0.1, -0.05) is 24.3 Å². The summed E-state index contributed by atoms with van der Waals surface area (Å²) in [5.74, 6) is -0.988. The van der Waals surface area contributed by atoms with Crippen LogP contribution in [0.25, 0.3) is 6.08 Å². The SMILES string of the molecule is N#CCN(CC#N)Cc1ccc(/C=C/C(=O)O)cc1. The van der Waals surface area contributed by atoms with Crippen molar-refractivity contribution in [3.63, 3.8) is 0 Å². The van der Waals surface area contributed by atoms with E-state index in [9.17, 15) is 4.79 Å². The Balaban J connectivity index is 2.68. The maximum absolute atomic E-state index is 10.4. The van der Waals surface area contributed by atoms with E-state index in [1.807, 2.05) is 24.3 Å². The fraction of sp³-hybridized carbons (Fsp3) is 0.214. The Labute approximate surface area is 111 Å². The van der Waals surface area contributed by atoms with Gasteiger partial charge in [-0.25, -0.2) is 4.79 Å². The average Bonchev–Trinajstić information content (AvgIpc) is 2.38. The molecule has 0 radical (unpaired) electrons. The van der Waals surface area contributed by atoms with Gasteiger partial charge in [0, 0.05) is 12.6 Å². The minimum Gasteiger partial charge on any atom is -0.478 e. The molecule has 1 aromatic carbocycles. The molecule has 96 valence electrons. The van der Waals surface area contributed by atoms with Crippen LogP contribution in [0.15, 0.2) is 30.3 Å². The number of hydrogen-bond donors (Lipinski definition) is 1. The summed E-state index contributed by atoms with van der Waals surface area (Å²) in [4.78, 5) is 12.1. The Kier molecular flexibility index (Phi) is 5.81. The van der Waals surface area contributed by atoms with Crippen LogP contribution in [0.3, 0.4) is 0 Å². The summed E-state index contributed by atoms with van der Waals surface area (Å²) in [6, 6.07) is 11.3. The largest absolute Gasteiger partial charge is 0.478 e. The molecular weight excluding hydrogens is 242 g/mol. The third kappa shape index (κ3) is 5.49. The van der Waals surface area contributed by atoms with E-state index in [0.717, 1.165) is 17.2 Å². The summed E-state index contributed by atoms with van der Waals surface area (Å²) >= 11 is 0. The molecule has 19 heavy (non-hydrogen) atoms. The molecule has 0 aliphatic rings. The number of benzene rings is 1. The number of hydrogen-bond acceptors (Lipinski definition) is 4. The Hall–Kier alpha value is -2.63. The van der Waals surface area contributed by atoms with Gasteiger partial charge in [0.2, 0.25) is 0 Å². The zero-order valence-electron chi connectivity index (χ0n) is 10.3. The number of rotatable bonds is 6. The molecule has 1 N–H and O–H groups in total. The van der Waals surface area contributed by atoms with Crippen molar-refractivity contribution >= 4 is 12.0 Å². The molecule has 0 amide bonds. The van der Waals surface area contributed by atoms with Gasteiger partial charge in [0.15, 0.2) is 0 Å². The van der Waals surface area contributed by atoms with E-state index < -0.39 is 5.97 Å². The van der Waals surface area contributed by atoms with E-state index in [0.29, 0.717) is 6.54 Å². The first kappa shape index (κ1) is 14.4. The molecular formula is C14H13N3O2. The third-order valence-corrected chi connectivity index (χ3v) is 2.39. The van der Waals surface area contributed by atoms with Crippen LogP contribution in [0, 0.1) is 22.7 Å². The van der Waals surface area contributed by atoms with Crippen LogP contribution in [0.1, 0.15) is 11.1 Å². The lowest BCUT2D eigenvalue weighted by Crippen LogP contribution is -2.23. The minimum atomic E-state index is -0.988. The molecule has 0 saturated heterocycles. The van der Waals surface area contributed by atoms with Gasteiger partial charge < -0.3 is 5.11 Å². The number of aliphatic carboxylic acids is 1. The predicted molar refractivity (Wildman–Crippen MR) is 69.6 cm³/mol. The van der Waals surface area contributed by atoms with Crippen LogP contribution >= 0.6 is 0 Å². The van der Waals surface area contributed by atoms with Gasteiger partial charge in [0.05, 0.1) is 25.2 Å². The second kappa shape index (κ2) is 7.65. The van der Waals surface area contributed by atoms with Crippen molar-refractivity contribution in [2.75, 3.05) is 13.1 Å². The highest BCUT2D eigenvalue weighted by Crippen LogP contribution is 2.08. The predicted octanol–water partition coefficient (Wildman–Crippen LogP) is 1.63. The Morgan fingerprint density at radius 3 is 2.26 bits per heavy atom. The number of nitriles is 2. The van der Waals surface area contributed by atoms with Gasteiger partial charge in [-0.05, 0) is 17.2 Å². The lowest BCUT2D eigenvalue weighted by atomic mass is 10.1. The molecule has 0 spiro atoms. The average molecular weight is 255 g/mol. The van der Waals surface area contributed by atoms with E-state index in [2.05, 4.69) is 0 Å². The molecule has 1 aromatic rings. The lowest BCUT2D eigenvalue weighted by molar-refractivity contribution is -0.131. The highest BCUT2D eigenvalue weighted by Gasteiger charge is 2.04. The summed E-state index contributed by atoms with van der Waals surface area (Å²) in [7, 11) is 0. The molecule has 0 saturated carbocycles. The molecule has 0 fully saturated rings. The van der Waals surface area contributed by atoms with Crippen LogP contribution in [0.2, 0.25) is 0 Å². The van der Waals surface area contributed by atoms with Crippen molar-refractivity contribution in [3.05, 3.63) is 41.5 Å². The van der Waals surface area contributed by atoms with E-state index in [-0.39, 0.29) is 13.1 Å². The van der Waals surface area contributed by atoms with Gasteiger partial charge in [-0.15, -0.1) is 0 Å². The molecule has 0 bridgehead atoms. The lowest BCUT2D eigenvalue weighted by Gasteiger charge is -2.15. The summed E-state index contributed by atoms with van der Waals surface area (Å²) in [6.45, 7) is 0.923. The summed E-state index contributed by atoms with van der Waals surface area (Å²) in [5.41, 5.74) is 1.76. The van der Waals surface area contributed by atoms with Crippen LogP contribution in [-0.2, 0) is 11.3 Å². The van der Waals surface area contributed by atoms with Crippen molar-refractivity contribution in [2.45, 2.75) is 6.54 Å². The molecule has 5 heteroatoms. The maximum atomic E-state index is 10.4. The van der Waals surface area contributed by atoms with Crippen molar-refractivity contribution in [3.8, 4) is 12.1 Å². The number of nitrogens with zero attached hydrogens (tertiary/aromatic N) is 3. The third-order valence-electron chi connectivity index (χ3n) is 2.39. The molecule has 0 unspecified atom stereocenters. The van der Waals surface area contributed by atoms with Gasteiger partial charge in [-0.2, -0.15) is 10.5 Å². The van der Waals surface area contributed by atoms with Crippen molar-refractivity contribution in [1.82, 2.24) is 4.90 Å². The second-order valence-corrected chi connectivity index (χ2v) is 3.87. The van der Waals surface area contributed by atoms with E-state index in [4.69, 9.17) is 15.6 Å². The summed E-state index contributed by atoms with van der Waals surface area (Å²) in [6.07, 6.45) is 2.58. The molecule has 5 nitrogen and oxygen atoms in total. The molecule has 0 atom stereocenters. The fourth-order valence-electron chi connectivity index (χ4n) is 1.53. The van der Waals surface area contributed by atoms with Crippen LogP contribution < -0.4 is 0 Å². The summed E-state index contributed by atoms with van der Waals surface area (Å²) in [5, 5.41) is 25.8. The van der Waals surface area contributed by atoms with Gasteiger partial charge in [0.1, 0.15) is 0 Å². The summed E-state index contributed by atoms with van der Waals surface area (Å²) < 4.78 is 0. The first-order valence-corrected chi connectivity index (χ1v) is 5.62. The molecule has 0 aliphatic heterocycles. The first-order chi connectivity index (χ1) is 9.15. The Bertz CT molecular complexity index is 519. The van der Waals surface area contributed by atoms with E-state index in [1.165, 1.54) is 6.08 Å². The maximum Gasteiger partial charge on any atom is 0.328 e. The number of carboxylic acids is 1. The molecule has 0 aliphatic carbocycles. The Morgan fingerprint density at radius 1 is 1.21 bits per heavy atom. The number of carbonyl (C=O) groups is 1. The van der Waals surface area contributed by atoms with Crippen molar-refractivity contribution in [2.24, 2.45) is 0 Å². The topological polar surface area (TPSA) is 88.1 Å². The van der Waals surface area contributed by atoms with Gasteiger partial charge >= 0.3 is 5.97 Å². The van der Waals surface area contributed by atoms with Crippen LogP contribution in [-0.4, -0.2) is 29.1 Å². The fourth-order valence-corrected chi connectivity index (χ4v) is 1.53. The minimum absolute atomic E-state index is 0.203. The Morgan fingerprint density at radius 2 is 1.79 bits per heavy atom. The first-order valence-electron chi connectivity index (χ1n) is 5.62. The highest BCUT2D eigenvalue weighted by atomic mass is 16.4. The zero-order valence-corrected chi connectivity index (χ0v) is 10.3. The second-order valence-electron chi connectivity index (χ2n) is 3.87. The number of carboxylic acid groups (broad SMARTS) is 1. The smallest absolute Gasteiger partial charge is 0.328 e. The zero-order chi connectivity index (χ0) is 14.1.